The Bertz CT molecular complexity index is 909. The first kappa shape index (κ1) is 23.4. The lowest BCUT2D eigenvalue weighted by Crippen LogP contribution is -2.47. The molecule has 7 heteroatoms. The Kier molecular flexibility index (Phi) is 7.46. The minimum atomic E-state index is -0.396. The average molecular weight is 445 g/mol. The molecule has 2 aliphatic rings. The molecule has 0 aromatic heterocycles. The lowest BCUT2D eigenvalue weighted by Gasteiger charge is -2.34. The zero-order valence-corrected chi connectivity index (χ0v) is 19.9. The maximum Gasteiger partial charge on any atom is 0.294 e. The summed E-state index contributed by atoms with van der Waals surface area (Å²) < 4.78 is 5.77. The Hall–Kier alpha value is -2.28. The minimum absolute atomic E-state index is 0.151. The van der Waals surface area contributed by atoms with E-state index in [4.69, 9.17) is 4.74 Å². The van der Waals surface area contributed by atoms with E-state index in [1.54, 1.807) is 11.0 Å². The van der Waals surface area contributed by atoms with Gasteiger partial charge in [-0.3, -0.25) is 19.3 Å². The summed E-state index contributed by atoms with van der Waals surface area (Å²) in [6.07, 6.45) is 4.79. The van der Waals surface area contributed by atoms with Gasteiger partial charge in [0, 0.05) is 12.6 Å². The van der Waals surface area contributed by atoms with Gasteiger partial charge < -0.3 is 9.64 Å². The fraction of sp³-hybridized carbons (Fsp3) is 0.542. The number of amides is 3. The number of carbonyl (C=O) groups excluding carboxylic acids is 3. The number of carbonyl (C=O) groups is 3. The molecule has 0 N–H and O–H groups in total. The molecule has 2 heterocycles. The first-order chi connectivity index (χ1) is 14.7. The van der Waals surface area contributed by atoms with Gasteiger partial charge in [0.05, 0.1) is 11.5 Å². The molecule has 1 atom stereocenters. The molecule has 168 valence electrons. The van der Waals surface area contributed by atoms with Gasteiger partial charge in [0.15, 0.2) is 0 Å². The van der Waals surface area contributed by atoms with Crippen molar-refractivity contribution in [3.63, 3.8) is 0 Å². The largest absolute Gasteiger partial charge is 0.494 e. The van der Waals surface area contributed by atoms with Crippen LogP contribution in [0.3, 0.4) is 0 Å². The summed E-state index contributed by atoms with van der Waals surface area (Å²) in [4.78, 5) is 41.4. The van der Waals surface area contributed by atoms with Gasteiger partial charge in [-0.15, -0.1) is 0 Å². The summed E-state index contributed by atoms with van der Waals surface area (Å²) in [6, 6.07) is 4.16. The second-order valence-electron chi connectivity index (χ2n) is 8.53. The zero-order chi connectivity index (χ0) is 22.7. The van der Waals surface area contributed by atoms with Gasteiger partial charge in [0.25, 0.3) is 11.1 Å². The van der Waals surface area contributed by atoms with Gasteiger partial charge in [-0.05, 0) is 92.6 Å². The summed E-state index contributed by atoms with van der Waals surface area (Å²) in [7, 11) is 0. The number of piperidine rings is 1. The second kappa shape index (κ2) is 9.90. The molecule has 2 aliphatic heterocycles. The van der Waals surface area contributed by atoms with Gasteiger partial charge in [0.1, 0.15) is 12.3 Å². The first-order valence-electron chi connectivity index (χ1n) is 11.0. The van der Waals surface area contributed by atoms with Crippen LogP contribution in [0, 0.1) is 6.92 Å². The molecular formula is C24H32N2O4S. The van der Waals surface area contributed by atoms with Crippen molar-refractivity contribution in [2.75, 3.05) is 19.7 Å². The van der Waals surface area contributed by atoms with Crippen molar-refractivity contribution in [3.8, 4) is 5.75 Å². The number of thioether (sulfide) groups is 1. The Balaban J connectivity index is 1.81. The Morgan fingerprint density at radius 2 is 2.03 bits per heavy atom. The molecule has 0 saturated carbocycles. The molecule has 1 aromatic rings. The summed E-state index contributed by atoms with van der Waals surface area (Å²) in [5, 5.41) is -0.387. The number of ether oxygens (including phenoxy) is 1. The quantitative estimate of drug-likeness (QED) is 0.581. The van der Waals surface area contributed by atoms with E-state index in [-0.39, 0.29) is 29.7 Å². The molecule has 6 nitrogen and oxygen atoms in total. The lowest BCUT2D eigenvalue weighted by atomic mass is 9.96. The highest BCUT2D eigenvalue weighted by Gasteiger charge is 2.38. The maximum absolute atomic E-state index is 12.9. The van der Waals surface area contributed by atoms with E-state index in [0.29, 0.717) is 18.1 Å². The van der Waals surface area contributed by atoms with E-state index < -0.39 is 5.91 Å². The average Bonchev–Trinajstić information content (AvgIpc) is 2.97. The van der Waals surface area contributed by atoms with Gasteiger partial charge in [-0.1, -0.05) is 13.8 Å². The van der Waals surface area contributed by atoms with E-state index in [2.05, 4.69) is 13.8 Å². The van der Waals surface area contributed by atoms with Crippen LogP contribution < -0.4 is 4.74 Å². The van der Waals surface area contributed by atoms with E-state index in [1.165, 1.54) is 0 Å². The fourth-order valence-electron chi connectivity index (χ4n) is 4.08. The molecule has 0 unspecified atom stereocenters. The van der Waals surface area contributed by atoms with Crippen molar-refractivity contribution in [3.05, 3.63) is 33.7 Å². The maximum atomic E-state index is 12.9. The van der Waals surface area contributed by atoms with E-state index >= 15 is 0 Å². The van der Waals surface area contributed by atoms with Crippen molar-refractivity contribution in [1.82, 2.24) is 9.80 Å². The van der Waals surface area contributed by atoms with Crippen molar-refractivity contribution in [2.24, 2.45) is 0 Å². The number of rotatable bonds is 6. The molecule has 31 heavy (non-hydrogen) atoms. The minimum Gasteiger partial charge on any atom is -0.494 e. The number of likely N-dealkylation sites (tertiary alicyclic amines) is 1. The molecule has 2 fully saturated rings. The van der Waals surface area contributed by atoms with Crippen LogP contribution in [-0.4, -0.2) is 52.6 Å². The summed E-state index contributed by atoms with van der Waals surface area (Å²) in [6.45, 7) is 11.2. The molecule has 3 amide bonds. The summed E-state index contributed by atoms with van der Waals surface area (Å²) in [5.41, 5.74) is 2.92. The predicted octanol–water partition coefficient (Wildman–Crippen LogP) is 4.95. The number of aryl methyl sites for hydroxylation is 1. The van der Waals surface area contributed by atoms with E-state index in [1.807, 2.05) is 32.9 Å². The molecule has 1 aromatic carbocycles. The SMILES string of the molecule is CCOc1cc(C)c(/C=C2\SC(=O)N(CC(=O)N3CCCC[C@@H]3C)C2=O)cc1C(C)C. The Morgan fingerprint density at radius 1 is 1.29 bits per heavy atom. The van der Waals surface area contributed by atoms with Crippen LogP contribution in [0.25, 0.3) is 6.08 Å². The van der Waals surface area contributed by atoms with Crippen molar-refractivity contribution in [1.29, 1.82) is 0 Å². The number of imide groups is 1. The highest BCUT2D eigenvalue weighted by Crippen LogP contribution is 2.35. The highest BCUT2D eigenvalue weighted by molar-refractivity contribution is 8.18. The molecule has 0 spiro atoms. The lowest BCUT2D eigenvalue weighted by molar-refractivity contribution is -0.138. The summed E-state index contributed by atoms with van der Waals surface area (Å²) >= 11 is 0.900. The molecule has 0 bridgehead atoms. The standard InChI is InChI=1S/C24H32N2O4S/c1-6-30-20-11-16(4)18(12-19(20)15(2)3)13-21-23(28)26(24(29)31-21)14-22(27)25-10-8-7-9-17(25)5/h11-13,15,17H,6-10,14H2,1-5H3/b21-13-/t17-/m0/s1. The van der Waals surface area contributed by atoms with Crippen molar-refractivity contribution < 1.29 is 19.1 Å². The molecule has 2 saturated heterocycles. The third kappa shape index (κ3) is 5.14. The topological polar surface area (TPSA) is 66.9 Å². The van der Waals surface area contributed by atoms with Crippen LogP contribution >= 0.6 is 11.8 Å². The molecule has 3 rings (SSSR count). The smallest absolute Gasteiger partial charge is 0.294 e. The Morgan fingerprint density at radius 3 is 2.68 bits per heavy atom. The van der Waals surface area contributed by atoms with Crippen LogP contribution in [0.4, 0.5) is 4.79 Å². The van der Waals surface area contributed by atoms with Crippen molar-refractivity contribution >= 4 is 34.9 Å². The summed E-state index contributed by atoms with van der Waals surface area (Å²) in [5.74, 6) is 0.553. The van der Waals surface area contributed by atoms with Crippen LogP contribution in [-0.2, 0) is 9.59 Å². The number of benzene rings is 1. The zero-order valence-electron chi connectivity index (χ0n) is 19.1. The van der Waals surface area contributed by atoms with Crippen LogP contribution in [0.1, 0.15) is 69.6 Å². The van der Waals surface area contributed by atoms with Gasteiger partial charge in [0.2, 0.25) is 5.91 Å². The van der Waals surface area contributed by atoms with Crippen LogP contribution in [0.15, 0.2) is 17.0 Å². The van der Waals surface area contributed by atoms with Gasteiger partial charge in [-0.25, -0.2) is 0 Å². The second-order valence-corrected chi connectivity index (χ2v) is 9.53. The van der Waals surface area contributed by atoms with E-state index in [0.717, 1.165) is 58.4 Å². The number of hydrogen-bond acceptors (Lipinski definition) is 5. The fourth-order valence-corrected chi connectivity index (χ4v) is 4.90. The number of hydrogen-bond donors (Lipinski definition) is 0. The van der Waals surface area contributed by atoms with Gasteiger partial charge in [-0.2, -0.15) is 0 Å². The molecule has 0 aliphatic carbocycles. The molecule has 0 radical (unpaired) electrons. The van der Waals surface area contributed by atoms with E-state index in [9.17, 15) is 14.4 Å². The van der Waals surface area contributed by atoms with Crippen LogP contribution in [0.5, 0.6) is 5.75 Å². The monoisotopic (exact) mass is 444 g/mol. The van der Waals surface area contributed by atoms with Crippen LogP contribution in [0.2, 0.25) is 0 Å². The van der Waals surface area contributed by atoms with Gasteiger partial charge >= 0.3 is 0 Å². The number of nitrogens with zero attached hydrogens (tertiary/aromatic N) is 2. The predicted molar refractivity (Wildman–Crippen MR) is 124 cm³/mol. The third-order valence-electron chi connectivity index (χ3n) is 5.90. The molecular weight excluding hydrogens is 412 g/mol. The Labute approximate surface area is 189 Å². The highest BCUT2D eigenvalue weighted by atomic mass is 32.2. The normalized spacial score (nSPS) is 20.8. The van der Waals surface area contributed by atoms with Crippen molar-refractivity contribution in [2.45, 2.75) is 65.8 Å². The third-order valence-corrected chi connectivity index (χ3v) is 6.80. The first-order valence-corrected chi connectivity index (χ1v) is 11.9.